The van der Waals surface area contributed by atoms with Gasteiger partial charge in [0.25, 0.3) is 0 Å². The predicted molar refractivity (Wildman–Crippen MR) is 71.2 cm³/mol. The van der Waals surface area contributed by atoms with Gasteiger partial charge in [-0.25, -0.2) is 12.8 Å². The van der Waals surface area contributed by atoms with Crippen molar-refractivity contribution in [3.63, 3.8) is 0 Å². The zero-order valence-corrected chi connectivity index (χ0v) is 11.5. The number of nitrogens with one attached hydrogen (secondary N) is 1. The van der Waals surface area contributed by atoms with E-state index in [9.17, 15) is 12.8 Å². The van der Waals surface area contributed by atoms with Gasteiger partial charge in [0, 0.05) is 6.04 Å². The molecule has 0 aromatic heterocycles. The Labute approximate surface area is 113 Å². The van der Waals surface area contributed by atoms with Gasteiger partial charge >= 0.3 is 0 Å². The molecule has 1 unspecified atom stereocenters. The molecular formula is C14H18FNO2S. The summed E-state index contributed by atoms with van der Waals surface area (Å²) in [4.78, 5) is 0.297. The van der Waals surface area contributed by atoms with Crippen LogP contribution in [-0.4, -0.2) is 20.7 Å². The van der Waals surface area contributed by atoms with Gasteiger partial charge in [-0.1, -0.05) is 6.42 Å². The van der Waals surface area contributed by atoms with Crippen LogP contribution in [-0.2, 0) is 9.84 Å². The minimum Gasteiger partial charge on any atom is -0.310 e. The highest BCUT2D eigenvalue weighted by atomic mass is 32.2. The standard InChI is InChI=1S/C14H18FNO2S/c15-11-4-5-14-12(8-11)13(6-7-19(14,17)18)16-9-10-2-1-3-10/h4-5,8,10,13,16H,1-3,6-7,9H2. The van der Waals surface area contributed by atoms with Gasteiger partial charge in [-0.2, -0.15) is 0 Å². The van der Waals surface area contributed by atoms with E-state index in [1.54, 1.807) is 0 Å². The molecular weight excluding hydrogens is 265 g/mol. The van der Waals surface area contributed by atoms with Crippen LogP contribution in [0.25, 0.3) is 0 Å². The summed E-state index contributed by atoms with van der Waals surface area (Å²) in [6, 6.07) is 3.96. The van der Waals surface area contributed by atoms with E-state index in [4.69, 9.17) is 0 Å². The van der Waals surface area contributed by atoms with Gasteiger partial charge in [-0.05, 0) is 55.5 Å². The molecule has 3 nitrogen and oxygen atoms in total. The minimum atomic E-state index is -3.23. The van der Waals surface area contributed by atoms with Crippen molar-refractivity contribution >= 4 is 9.84 Å². The van der Waals surface area contributed by atoms with E-state index in [0.717, 1.165) is 6.54 Å². The Kier molecular flexibility index (Phi) is 3.35. The first-order valence-corrected chi connectivity index (χ1v) is 8.47. The summed E-state index contributed by atoms with van der Waals surface area (Å²) in [5.41, 5.74) is 0.602. The van der Waals surface area contributed by atoms with Crippen molar-refractivity contribution in [1.82, 2.24) is 5.32 Å². The summed E-state index contributed by atoms with van der Waals surface area (Å²) >= 11 is 0. The van der Waals surface area contributed by atoms with Gasteiger partial charge in [0.05, 0.1) is 10.6 Å². The Morgan fingerprint density at radius 1 is 1.26 bits per heavy atom. The smallest absolute Gasteiger partial charge is 0.178 e. The van der Waals surface area contributed by atoms with Gasteiger partial charge in [-0.3, -0.25) is 0 Å². The Bertz CT molecular complexity index is 581. The number of rotatable bonds is 3. The Morgan fingerprint density at radius 3 is 2.74 bits per heavy atom. The van der Waals surface area contributed by atoms with Crippen LogP contribution in [0.5, 0.6) is 0 Å². The average molecular weight is 283 g/mol. The maximum atomic E-state index is 13.4. The SMILES string of the molecule is O=S1(=O)CCC(NCC2CCC2)c2cc(F)ccc21. The van der Waals surface area contributed by atoms with E-state index < -0.39 is 9.84 Å². The van der Waals surface area contributed by atoms with Crippen LogP contribution in [0, 0.1) is 11.7 Å². The van der Waals surface area contributed by atoms with Crippen LogP contribution in [0.4, 0.5) is 4.39 Å². The second-order valence-electron chi connectivity index (χ2n) is 5.55. The molecule has 5 heteroatoms. The lowest BCUT2D eigenvalue weighted by atomic mass is 9.85. The van der Waals surface area contributed by atoms with E-state index in [2.05, 4.69) is 5.32 Å². The fourth-order valence-corrected chi connectivity index (χ4v) is 4.43. The third-order valence-electron chi connectivity index (χ3n) is 4.24. The van der Waals surface area contributed by atoms with Gasteiger partial charge in [0.1, 0.15) is 5.82 Å². The van der Waals surface area contributed by atoms with Gasteiger partial charge in [-0.15, -0.1) is 0 Å². The summed E-state index contributed by atoms with van der Waals surface area (Å²) in [7, 11) is -3.23. The molecule has 104 valence electrons. The fourth-order valence-electron chi connectivity index (χ4n) is 2.83. The summed E-state index contributed by atoms with van der Waals surface area (Å²) in [6.07, 6.45) is 4.31. The normalized spacial score (nSPS) is 25.6. The number of sulfone groups is 1. The van der Waals surface area contributed by atoms with E-state index in [0.29, 0.717) is 22.8 Å². The molecule has 1 saturated carbocycles. The number of halogens is 1. The monoisotopic (exact) mass is 283 g/mol. The van der Waals surface area contributed by atoms with Gasteiger partial charge in [0.15, 0.2) is 9.84 Å². The lowest BCUT2D eigenvalue weighted by Gasteiger charge is -2.31. The molecule has 1 fully saturated rings. The molecule has 0 saturated heterocycles. The summed E-state index contributed by atoms with van der Waals surface area (Å²) in [5, 5.41) is 3.41. The van der Waals surface area contributed by atoms with Crippen LogP contribution < -0.4 is 5.32 Å². The van der Waals surface area contributed by atoms with Crippen LogP contribution >= 0.6 is 0 Å². The highest BCUT2D eigenvalue weighted by Crippen LogP contribution is 2.33. The molecule has 0 amide bonds. The van der Waals surface area contributed by atoms with Crippen molar-refractivity contribution in [1.29, 1.82) is 0 Å². The van der Waals surface area contributed by atoms with Crippen molar-refractivity contribution in [2.45, 2.75) is 36.6 Å². The molecule has 1 heterocycles. The Balaban J connectivity index is 1.85. The van der Waals surface area contributed by atoms with Crippen molar-refractivity contribution in [2.24, 2.45) is 5.92 Å². The number of hydrogen-bond acceptors (Lipinski definition) is 3. The van der Waals surface area contributed by atoms with E-state index >= 15 is 0 Å². The van der Waals surface area contributed by atoms with Crippen LogP contribution in [0.1, 0.15) is 37.3 Å². The number of hydrogen-bond donors (Lipinski definition) is 1. The fraction of sp³-hybridized carbons (Fsp3) is 0.571. The lowest BCUT2D eigenvalue weighted by molar-refractivity contribution is 0.286. The molecule has 1 atom stereocenters. The zero-order valence-electron chi connectivity index (χ0n) is 10.7. The maximum Gasteiger partial charge on any atom is 0.178 e. The molecule has 0 radical (unpaired) electrons. The maximum absolute atomic E-state index is 13.4. The molecule has 1 aromatic rings. The van der Waals surface area contributed by atoms with E-state index in [-0.39, 0.29) is 17.6 Å². The Hall–Kier alpha value is -0.940. The quantitative estimate of drug-likeness (QED) is 0.867. The highest BCUT2D eigenvalue weighted by molar-refractivity contribution is 7.91. The second kappa shape index (κ2) is 4.87. The van der Waals surface area contributed by atoms with E-state index in [1.807, 2.05) is 0 Å². The molecule has 2 aliphatic rings. The Morgan fingerprint density at radius 2 is 2.05 bits per heavy atom. The molecule has 1 N–H and O–H groups in total. The average Bonchev–Trinajstić information content (AvgIpc) is 2.29. The van der Waals surface area contributed by atoms with Gasteiger partial charge < -0.3 is 5.32 Å². The predicted octanol–water partition coefficient (Wildman–Crippen LogP) is 2.43. The molecule has 1 aliphatic heterocycles. The van der Waals surface area contributed by atoms with Crippen molar-refractivity contribution in [2.75, 3.05) is 12.3 Å². The topological polar surface area (TPSA) is 46.2 Å². The molecule has 1 aliphatic carbocycles. The molecule has 19 heavy (non-hydrogen) atoms. The van der Waals surface area contributed by atoms with Crippen molar-refractivity contribution in [3.8, 4) is 0 Å². The molecule has 3 rings (SSSR count). The summed E-state index contributed by atoms with van der Waals surface area (Å²) in [6.45, 7) is 0.903. The third kappa shape index (κ3) is 2.54. The van der Waals surface area contributed by atoms with Gasteiger partial charge in [0.2, 0.25) is 0 Å². The molecule has 1 aromatic carbocycles. The lowest BCUT2D eigenvalue weighted by Crippen LogP contribution is -2.34. The summed E-state index contributed by atoms with van der Waals surface area (Å²) < 4.78 is 37.3. The number of benzene rings is 1. The molecule has 0 bridgehead atoms. The molecule has 0 spiro atoms. The zero-order chi connectivity index (χ0) is 13.5. The van der Waals surface area contributed by atoms with Crippen LogP contribution in [0.3, 0.4) is 0 Å². The van der Waals surface area contributed by atoms with Crippen LogP contribution in [0.15, 0.2) is 23.1 Å². The minimum absolute atomic E-state index is 0.0326. The largest absolute Gasteiger partial charge is 0.310 e. The van der Waals surface area contributed by atoms with E-state index in [1.165, 1.54) is 37.5 Å². The van der Waals surface area contributed by atoms with Crippen molar-refractivity contribution < 1.29 is 12.8 Å². The van der Waals surface area contributed by atoms with Crippen LogP contribution in [0.2, 0.25) is 0 Å². The third-order valence-corrected chi connectivity index (χ3v) is 6.05. The summed E-state index contributed by atoms with van der Waals surface area (Å²) in [5.74, 6) is 0.482. The first-order chi connectivity index (χ1) is 9.06. The second-order valence-corrected chi connectivity index (χ2v) is 7.63. The van der Waals surface area contributed by atoms with Crippen molar-refractivity contribution in [3.05, 3.63) is 29.6 Å². The first kappa shape index (κ1) is 13.1. The highest BCUT2D eigenvalue weighted by Gasteiger charge is 2.31. The number of fused-ring (bicyclic) bond motifs is 1. The first-order valence-electron chi connectivity index (χ1n) is 6.82.